The van der Waals surface area contributed by atoms with Gasteiger partial charge in [-0.05, 0) is 6.42 Å². The van der Waals surface area contributed by atoms with Gasteiger partial charge in [0.15, 0.2) is 0 Å². The number of likely N-dealkylation sites (N-methyl/N-ethyl adjacent to an activating group) is 1. The molecule has 0 heterocycles. The number of rotatable bonds is 4. The average molecular weight is 212 g/mol. The van der Waals surface area contributed by atoms with Gasteiger partial charge in [0, 0.05) is 7.05 Å². The van der Waals surface area contributed by atoms with Crippen molar-refractivity contribution in [1.82, 2.24) is 4.90 Å². The number of nitrogens with zero attached hydrogens (tertiary/aromatic N) is 1. The van der Waals surface area contributed by atoms with E-state index in [9.17, 15) is 18.0 Å². The first-order valence-electron chi connectivity index (χ1n) is 4.35. The van der Waals surface area contributed by atoms with E-state index in [4.69, 9.17) is 5.73 Å². The quantitative estimate of drug-likeness (QED) is 0.759. The minimum absolute atomic E-state index is 0.404. The van der Waals surface area contributed by atoms with Crippen molar-refractivity contribution < 1.29 is 18.0 Å². The summed E-state index contributed by atoms with van der Waals surface area (Å²) in [5.74, 6) is -0.663. The van der Waals surface area contributed by atoms with Gasteiger partial charge < -0.3 is 10.6 Å². The van der Waals surface area contributed by atoms with E-state index in [0.717, 1.165) is 7.05 Å². The van der Waals surface area contributed by atoms with Crippen LogP contribution >= 0.6 is 0 Å². The maximum absolute atomic E-state index is 11.9. The van der Waals surface area contributed by atoms with Gasteiger partial charge in [0.1, 0.15) is 6.54 Å². The fourth-order valence-electron chi connectivity index (χ4n) is 1.06. The molecule has 0 spiro atoms. The Labute approximate surface area is 81.1 Å². The van der Waals surface area contributed by atoms with E-state index in [-0.39, 0.29) is 0 Å². The zero-order chi connectivity index (χ0) is 11.4. The molecule has 2 N–H and O–H groups in total. The maximum atomic E-state index is 11.9. The van der Waals surface area contributed by atoms with Crippen LogP contribution < -0.4 is 5.73 Å². The molecule has 14 heavy (non-hydrogen) atoms. The van der Waals surface area contributed by atoms with E-state index < -0.39 is 24.7 Å². The van der Waals surface area contributed by atoms with Crippen molar-refractivity contribution >= 4 is 5.91 Å². The molecule has 0 rings (SSSR count). The molecule has 1 atom stereocenters. The highest BCUT2D eigenvalue weighted by atomic mass is 19.4. The molecule has 0 aliphatic carbocycles. The van der Waals surface area contributed by atoms with E-state index in [1.807, 2.05) is 6.92 Å². The van der Waals surface area contributed by atoms with Gasteiger partial charge in [-0.1, -0.05) is 13.3 Å². The molecule has 0 fully saturated rings. The predicted octanol–water partition coefficient (Wildman–Crippen LogP) is 1.13. The summed E-state index contributed by atoms with van der Waals surface area (Å²) in [6.07, 6.45) is -3.29. The van der Waals surface area contributed by atoms with Gasteiger partial charge in [0.05, 0.1) is 6.04 Å². The number of carbonyl (C=O) groups is 1. The number of nitrogens with two attached hydrogens (primary N) is 1. The Bertz CT molecular complexity index is 194. The van der Waals surface area contributed by atoms with Crippen LogP contribution in [0.1, 0.15) is 19.8 Å². The fourth-order valence-corrected chi connectivity index (χ4v) is 1.06. The van der Waals surface area contributed by atoms with E-state index in [1.165, 1.54) is 0 Å². The van der Waals surface area contributed by atoms with Gasteiger partial charge in [0.25, 0.3) is 0 Å². The van der Waals surface area contributed by atoms with Crippen LogP contribution in [-0.4, -0.2) is 36.6 Å². The molecule has 0 radical (unpaired) electrons. The molecule has 0 aromatic carbocycles. The number of alkyl halides is 3. The summed E-state index contributed by atoms with van der Waals surface area (Å²) < 4.78 is 35.6. The molecule has 0 bridgehead atoms. The van der Waals surface area contributed by atoms with Crippen LogP contribution in [-0.2, 0) is 4.79 Å². The molecule has 0 aromatic heterocycles. The number of halogens is 3. The lowest BCUT2D eigenvalue weighted by molar-refractivity contribution is -0.159. The van der Waals surface area contributed by atoms with Crippen molar-refractivity contribution in [2.75, 3.05) is 13.6 Å². The van der Waals surface area contributed by atoms with Crippen molar-refractivity contribution in [3.8, 4) is 0 Å². The maximum Gasteiger partial charge on any atom is 0.406 e. The van der Waals surface area contributed by atoms with E-state index in [0.29, 0.717) is 17.7 Å². The minimum atomic E-state index is -4.36. The molecule has 1 amide bonds. The Hall–Kier alpha value is -0.780. The fraction of sp³-hybridized carbons (Fsp3) is 0.875. The second-order valence-corrected chi connectivity index (χ2v) is 3.20. The highest BCUT2D eigenvalue weighted by Crippen LogP contribution is 2.16. The summed E-state index contributed by atoms with van der Waals surface area (Å²) in [5, 5.41) is 0. The van der Waals surface area contributed by atoms with E-state index in [2.05, 4.69) is 0 Å². The van der Waals surface area contributed by atoms with E-state index >= 15 is 0 Å². The Morgan fingerprint density at radius 3 is 2.36 bits per heavy atom. The standard InChI is InChI=1S/C8H15F3N2O/c1-3-4-6(12)7(14)13(2)5-8(9,10)11/h6H,3-5,12H2,1-2H3/t6-/m0/s1. The molecule has 3 nitrogen and oxygen atoms in total. The highest BCUT2D eigenvalue weighted by Gasteiger charge is 2.32. The first-order chi connectivity index (χ1) is 6.28. The molecule has 0 aromatic rings. The summed E-state index contributed by atoms with van der Waals surface area (Å²) in [6.45, 7) is 0.570. The van der Waals surface area contributed by atoms with Crippen molar-refractivity contribution in [3.05, 3.63) is 0 Å². The zero-order valence-corrected chi connectivity index (χ0v) is 8.27. The smallest absolute Gasteiger partial charge is 0.335 e. The lowest BCUT2D eigenvalue weighted by Gasteiger charge is -2.22. The molecule has 0 saturated carbocycles. The first-order valence-corrected chi connectivity index (χ1v) is 4.35. The van der Waals surface area contributed by atoms with Gasteiger partial charge in [-0.3, -0.25) is 4.79 Å². The molecule has 6 heteroatoms. The summed E-state index contributed by atoms with van der Waals surface area (Å²) in [4.78, 5) is 11.8. The first kappa shape index (κ1) is 13.2. The third-order valence-electron chi connectivity index (χ3n) is 1.71. The molecule has 0 saturated heterocycles. The Morgan fingerprint density at radius 1 is 1.50 bits per heavy atom. The van der Waals surface area contributed by atoms with Crippen LogP contribution in [0.15, 0.2) is 0 Å². The largest absolute Gasteiger partial charge is 0.406 e. The molecule has 0 unspecified atom stereocenters. The van der Waals surface area contributed by atoms with Crippen molar-refractivity contribution in [2.24, 2.45) is 5.73 Å². The van der Waals surface area contributed by atoms with Gasteiger partial charge in [-0.15, -0.1) is 0 Å². The zero-order valence-electron chi connectivity index (χ0n) is 8.27. The lowest BCUT2D eigenvalue weighted by atomic mass is 10.1. The predicted molar refractivity (Wildman–Crippen MR) is 46.6 cm³/mol. The monoisotopic (exact) mass is 212 g/mol. The van der Waals surface area contributed by atoms with Crippen LogP contribution in [0.4, 0.5) is 13.2 Å². The van der Waals surface area contributed by atoms with Gasteiger partial charge in [-0.2, -0.15) is 13.2 Å². The Morgan fingerprint density at radius 2 is 2.00 bits per heavy atom. The van der Waals surface area contributed by atoms with Gasteiger partial charge in [-0.25, -0.2) is 0 Å². The lowest BCUT2D eigenvalue weighted by Crippen LogP contribution is -2.45. The SMILES string of the molecule is CCC[C@H](N)C(=O)N(C)CC(F)(F)F. The number of carbonyl (C=O) groups excluding carboxylic acids is 1. The summed E-state index contributed by atoms with van der Waals surface area (Å²) >= 11 is 0. The van der Waals surface area contributed by atoms with Crippen LogP contribution in [0.3, 0.4) is 0 Å². The highest BCUT2D eigenvalue weighted by molar-refractivity contribution is 5.81. The third-order valence-corrected chi connectivity index (χ3v) is 1.71. The number of hydrogen-bond donors (Lipinski definition) is 1. The van der Waals surface area contributed by atoms with Crippen LogP contribution in [0.5, 0.6) is 0 Å². The minimum Gasteiger partial charge on any atom is -0.335 e. The number of hydrogen-bond acceptors (Lipinski definition) is 2. The topological polar surface area (TPSA) is 46.3 Å². The van der Waals surface area contributed by atoms with Crippen LogP contribution in [0.2, 0.25) is 0 Å². The summed E-state index contributed by atoms with van der Waals surface area (Å²) in [6, 6.07) is -0.827. The van der Waals surface area contributed by atoms with Crippen molar-refractivity contribution in [3.63, 3.8) is 0 Å². The van der Waals surface area contributed by atoms with Gasteiger partial charge >= 0.3 is 6.18 Å². The molecule has 84 valence electrons. The Balaban J connectivity index is 4.12. The second kappa shape index (κ2) is 5.19. The normalized spacial score (nSPS) is 13.9. The Kier molecular flexibility index (Phi) is 4.90. The van der Waals surface area contributed by atoms with Crippen molar-refractivity contribution in [1.29, 1.82) is 0 Å². The molecule has 0 aliphatic rings. The van der Waals surface area contributed by atoms with Crippen LogP contribution in [0.25, 0.3) is 0 Å². The third kappa shape index (κ3) is 5.06. The second-order valence-electron chi connectivity index (χ2n) is 3.20. The molecule has 0 aliphatic heterocycles. The molecular formula is C8H15F3N2O. The molecular weight excluding hydrogens is 197 g/mol. The summed E-state index contributed by atoms with van der Waals surface area (Å²) in [7, 11) is 1.10. The summed E-state index contributed by atoms with van der Waals surface area (Å²) in [5.41, 5.74) is 5.39. The number of amides is 1. The van der Waals surface area contributed by atoms with Gasteiger partial charge in [0.2, 0.25) is 5.91 Å². The van der Waals surface area contributed by atoms with E-state index in [1.54, 1.807) is 0 Å². The van der Waals surface area contributed by atoms with Crippen molar-refractivity contribution in [2.45, 2.75) is 32.0 Å². The average Bonchev–Trinajstić information content (AvgIpc) is 2.00. The van der Waals surface area contributed by atoms with Crippen LogP contribution in [0, 0.1) is 0 Å².